The summed E-state index contributed by atoms with van der Waals surface area (Å²) in [5.41, 5.74) is 2.35. The number of rotatable bonds is 3. The van der Waals surface area contributed by atoms with E-state index in [1.807, 2.05) is 24.3 Å². The largest absolute Gasteiger partial charge is 0.472 e. The van der Waals surface area contributed by atoms with Crippen LogP contribution >= 0.6 is 0 Å². The Hall–Kier alpha value is -2.56. The molecule has 0 bridgehead atoms. The number of furan rings is 1. The maximum atomic E-state index is 12.1. The number of hydrogen-bond acceptors (Lipinski definition) is 4. The number of esters is 1. The highest BCUT2D eigenvalue weighted by Gasteiger charge is 2.25. The van der Waals surface area contributed by atoms with Gasteiger partial charge in [-0.25, -0.2) is 4.79 Å². The van der Waals surface area contributed by atoms with Crippen LogP contribution in [0.4, 0.5) is 5.69 Å². The van der Waals surface area contributed by atoms with Gasteiger partial charge in [-0.2, -0.15) is 0 Å². The molecule has 1 amide bonds. The summed E-state index contributed by atoms with van der Waals surface area (Å²) in [6, 6.07) is 9.24. The summed E-state index contributed by atoms with van der Waals surface area (Å²) < 4.78 is 9.78. The maximum Gasteiger partial charge on any atom is 0.341 e. The second-order valence-electron chi connectivity index (χ2n) is 4.51. The molecule has 1 aliphatic heterocycles. The van der Waals surface area contributed by atoms with Gasteiger partial charge in [-0.1, -0.05) is 18.2 Å². The summed E-state index contributed by atoms with van der Waals surface area (Å²) in [6.45, 7) is 0.361. The van der Waals surface area contributed by atoms with Crippen LogP contribution in [0, 0.1) is 0 Å². The molecule has 2 heterocycles. The highest BCUT2D eigenvalue weighted by Crippen LogP contribution is 2.27. The average molecular weight is 271 g/mol. The summed E-state index contributed by atoms with van der Waals surface area (Å²) in [4.78, 5) is 25.4. The number of nitrogens with zero attached hydrogens (tertiary/aromatic N) is 1. The Morgan fingerprint density at radius 1 is 1.25 bits per heavy atom. The molecule has 102 valence electrons. The predicted molar refractivity (Wildman–Crippen MR) is 71.5 cm³/mol. The molecule has 0 atom stereocenters. The Balaban J connectivity index is 1.62. The third-order valence-corrected chi connectivity index (χ3v) is 3.27. The van der Waals surface area contributed by atoms with Gasteiger partial charge in [0.25, 0.3) is 5.91 Å². The highest BCUT2D eigenvalue weighted by molar-refractivity contribution is 5.98. The SMILES string of the molecule is O=C(OCC(=O)N1CCc2ccccc21)c1ccoc1. The van der Waals surface area contributed by atoms with Crippen LogP contribution in [0.25, 0.3) is 0 Å². The number of para-hydroxylation sites is 1. The number of ether oxygens (including phenoxy) is 1. The van der Waals surface area contributed by atoms with Crippen LogP contribution in [-0.4, -0.2) is 25.0 Å². The van der Waals surface area contributed by atoms with Crippen molar-refractivity contribution in [2.45, 2.75) is 6.42 Å². The van der Waals surface area contributed by atoms with Gasteiger partial charge in [-0.15, -0.1) is 0 Å². The van der Waals surface area contributed by atoms with Crippen LogP contribution in [-0.2, 0) is 16.0 Å². The molecule has 1 aromatic carbocycles. The first-order valence-corrected chi connectivity index (χ1v) is 6.33. The van der Waals surface area contributed by atoms with Gasteiger partial charge in [0.1, 0.15) is 6.26 Å². The van der Waals surface area contributed by atoms with E-state index in [0.717, 1.165) is 17.7 Å². The number of anilines is 1. The van der Waals surface area contributed by atoms with Crippen molar-refractivity contribution in [2.24, 2.45) is 0 Å². The number of amides is 1. The summed E-state index contributed by atoms with van der Waals surface area (Å²) in [7, 11) is 0. The fourth-order valence-electron chi connectivity index (χ4n) is 2.27. The molecule has 1 aromatic heterocycles. The predicted octanol–water partition coefficient (Wildman–Crippen LogP) is 2.03. The van der Waals surface area contributed by atoms with Crippen LogP contribution in [0.5, 0.6) is 0 Å². The zero-order chi connectivity index (χ0) is 13.9. The zero-order valence-corrected chi connectivity index (χ0v) is 10.7. The molecule has 0 N–H and O–H groups in total. The zero-order valence-electron chi connectivity index (χ0n) is 10.7. The fourth-order valence-corrected chi connectivity index (χ4v) is 2.27. The van der Waals surface area contributed by atoms with Crippen LogP contribution in [0.15, 0.2) is 47.3 Å². The van der Waals surface area contributed by atoms with Crippen molar-refractivity contribution in [2.75, 3.05) is 18.1 Å². The van der Waals surface area contributed by atoms with Crippen molar-refractivity contribution in [3.05, 3.63) is 54.0 Å². The smallest absolute Gasteiger partial charge is 0.341 e. The van der Waals surface area contributed by atoms with Crippen LogP contribution in [0.1, 0.15) is 15.9 Å². The number of hydrogen-bond donors (Lipinski definition) is 0. The molecule has 0 spiro atoms. The second-order valence-corrected chi connectivity index (χ2v) is 4.51. The summed E-state index contributed by atoms with van der Waals surface area (Å²) >= 11 is 0. The van der Waals surface area contributed by atoms with Gasteiger partial charge >= 0.3 is 5.97 Å². The lowest BCUT2D eigenvalue weighted by Crippen LogP contribution is -2.33. The minimum atomic E-state index is -0.556. The minimum absolute atomic E-state index is 0.216. The van der Waals surface area contributed by atoms with Gasteiger partial charge < -0.3 is 14.1 Å². The first-order valence-electron chi connectivity index (χ1n) is 6.33. The lowest BCUT2D eigenvalue weighted by Gasteiger charge is -2.16. The van der Waals surface area contributed by atoms with Gasteiger partial charge in [-0.3, -0.25) is 4.79 Å². The van der Waals surface area contributed by atoms with E-state index in [4.69, 9.17) is 9.15 Å². The molecule has 5 heteroatoms. The highest BCUT2D eigenvalue weighted by atomic mass is 16.5. The lowest BCUT2D eigenvalue weighted by molar-refractivity contribution is -0.121. The van der Waals surface area contributed by atoms with E-state index in [0.29, 0.717) is 12.1 Å². The molecule has 0 saturated heterocycles. The molecular weight excluding hydrogens is 258 g/mol. The van der Waals surface area contributed by atoms with E-state index in [-0.39, 0.29) is 12.5 Å². The molecule has 2 aromatic rings. The molecule has 20 heavy (non-hydrogen) atoms. The van der Waals surface area contributed by atoms with Crippen molar-refractivity contribution in [1.29, 1.82) is 0 Å². The summed E-state index contributed by atoms with van der Waals surface area (Å²) in [6.07, 6.45) is 3.50. The Kier molecular flexibility index (Phi) is 3.25. The Morgan fingerprint density at radius 3 is 2.90 bits per heavy atom. The molecule has 0 radical (unpaired) electrons. The van der Waals surface area contributed by atoms with Gasteiger partial charge in [0.15, 0.2) is 6.61 Å². The normalized spacial score (nSPS) is 13.1. The molecule has 0 saturated carbocycles. The van der Waals surface area contributed by atoms with E-state index in [2.05, 4.69) is 0 Å². The quantitative estimate of drug-likeness (QED) is 0.801. The van der Waals surface area contributed by atoms with E-state index >= 15 is 0 Å². The van der Waals surface area contributed by atoms with E-state index in [9.17, 15) is 9.59 Å². The van der Waals surface area contributed by atoms with Crippen LogP contribution < -0.4 is 4.90 Å². The van der Waals surface area contributed by atoms with E-state index < -0.39 is 5.97 Å². The maximum absolute atomic E-state index is 12.1. The third kappa shape index (κ3) is 2.30. The van der Waals surface area contributed by atoms with Gasteiger partial charge in [-0.05, 0) is 24.1 Å². The summed E-state index contributed by atoms with van der Waals surface area (Å²) in [5.74, 6) is -0.772. The fraction of sp³-hybridized carbons (Fsp3) is 0.200. The number of benzene rings is 1. The van der Waals surface area contributed by atoms with Crippen molar-refractivity contribution >= 4 is 17.6 Å². The molecule has 0 fully saturated rings. The standard InChI is InChI=1S/C15H13NO4/c17-14(10-20-15(18)12-6-8-19-9-12)16-7-5-11-3-1-2-4-13(11)16/h1-4,6,8-9H,5,7,10H2. The van der Waals surface area contributed by atoms with Crippen LogP contribution in [0.3, 0.4) is 0 Å². The Bertz CT molecular complexity index is 633. The van der Waals surface area contributed by atoms with Crippen molar-refractivity contribution in [3.8, 4) is 0 Å². The molecule has 1 aliphatic rings. The minimum Gasteiger partial charge on any atom is -0.472 e. The third-order valence-electron chi connectivity index (χ3n) is 3.27. The molecular formula is C15H13NO4. The van der Waals surface area contributed by atoms with Gasteiger partial charge in [0.05, 0.1) is 11.8 Å². The molecule has 5 nitrogen and oxygen atoms in total. The van der Waals surface area contributed by atoms with Gasteiger partial charge in [0, 0.05) is 12.2 Å². The van der Waals surface area contributed by atoms with E-state index in [1.165, 1.54) is 18.6 Å². The second kappa shape index (κ2) is 5.21. The Morgan fingerprint density at radius 2 is 2.10 bits per heavy atom. The molecule has 3 rings (SSSR count). The Labute approximate surface area is 115 Å². The topological polar surface area (TPSA) is 59.8 Å². The molecule has 0 aliphatic carbocycles. The average Bonchev–Trinajstić information content (AvgIpc) is 3.13. The van der Waals surface area contributed by atoms with Crippen molar-refractivity contribution in [1.82, 2.24) is 0 Å². The number of carbonyl (C=O) groups excluding carboxylic acids is 2. The molecule has 0 unspecified atom stereocenters. The van der Waals surface area contributed by atoms with Gasteiger partial charge in [0.2, 0.25) is 0 Å². The first-order chi connectivity index (χ1) is 9.75. The van der Waals surface area contributed by atoms with Crippen LogP contribution in [0.2, 0.25) is 0 Å². The van der Waals surface area contributed by atoms with Crippen molar-refractivity contribution < 1.29 is 18.7 Å². The lowest BCUT2D eigenvalue weighted by atomic mass is 10.2. The first kappa shape index (κ1) is 12.5. The van der Waals surface area contributed by atoms with Crippen molar-refractivity contribution in [3.63, 3.8) is 0 Å². The monoisotopic (exact) mass is 271 g/mol. The van der Waals surface area contributed by atoms with E-state index in [1.54, 1.807) is 4.90 Å². The summed E-state index contributed by atoms with van der Waals surface area (Å²) in [5, 5.41) is 0. The number of fused-ring (bicyclic) bond motifs is 1. The number of carbonyl (C=O) groups is 2.